The zero-order chi connectivity index (χ0) is 15.0. The molecule has 0 unspecified atom stereocenters. The van der Waals surface area contributed by atoms with Crippen LogP contribution in [0.3, 0.4) is 0 Å². The number of carbonyl (C=O) groups excluding carboxylic acids is 1. The minimum Gasteiger partial charge on any atom is -0.491 e. The third kappa shape index (κ3) is 7.34. The van der Waals surface area contributed by atoms with Gasteiger partial charge < -0.3 is 15.4 Å². The summed E-state index contributed by atoms with van der Waals surface area (Å²) in [7, 11) is 1.83. The second-order valence-electron chi connectivity index (χ2n) is 5.80. The van der Waals surface area contributed by atoms with Crippen LogP contribution in [0.4, 0.5) is 0 Å². The van der Waals surface area contributed by atoms with Gasteiger partial charge in [-0.05, 0) is 24.1 Å². The molecule has 0 spiro atoms. The molecule has 0 radical (unpaired) electrons. The Morgan fingerprint density at radius 2 is 1.86 bits per heavy atom. The van der Waals surface area contributed by atoms with Crippen LogP contribution in [0.15, 0.2) is 24.3 Å². The lowest BCUT2D eigenvalue weighted by molar-refractivity contribution is -0.121. The summed E-state index contributed by atoms with van der Waals surface area (Å²) in [6.07, 6.45) is 0.495. The fourth-order valence-electron chi connectivity index (χ4n) is 1.89. The number of benzene rings is 1. The number of amides is 1. The molecule has 1 aromatic carbocycles. The van der Waals surface area contributed by atoms with E-state index in [1.54, 1.807) is 0 Å². The van der Waals surface area contributed by atoms with Gasteiger partial charge in [-0.15, -0.1) is 12.4 Å². The largest absolute Gasteiger partial charge is 0.491 e. The highest BCUT2D eigenvalue weighted by Gasteiger charge is 2.18. The first-order valence-electron chi connectivity index (χ1n) is 7.08. The van der Waals surface area contributed by atoms with Gasteiger partial charge in [0.2, 0.25) is 5.91 Å². The molecular formula is C16H27ClN2O2. The Morgan fingerprint density at radius 3 is 2.48 bits per heavy atom. The molecule has 0 aromatic heterocycles. The SMILES string of the molecule is CNCCC(=O)NCCOc1ccccc1C(C)(C)C.Cl. The fraction of sp³-hybridized carbons (Fsp3) is 0.562. The summed E-state index contributed by atoms with van der Waals surface area (Å²) >= 11 is 0. The molecule has 0 aliphatic carbocycles. The molecule has 0 aliphatic rings. The van der Waals surface area contributed by atoms with Gasteiger partial charge in [0.1, 0.15) is 12.4 Å². The van der Waals surface area contributed by atoms with Crippen molar-refractivity contribution in [2.45, 2.75) is 32.6 Å². The maximum atomic E-state index is 11.4. The lowest BCUT2D eigenvalue weighted by Crippen LogP contribution is -2.30. The van der Waals surface area contributed by atoms with E-state index in [1.165, 1.54) is 5.56 Å². The molecule has 4 nitrogen and oxygen atoms in total. The average molecular weight is 315 g/mol. The summed E-state index contributed by atoms with van der Waals surface area (Å²) in [5.41, 5.74) is 1.23. The maximum Gasteiger partial charge on any atom is 0.221 e. The molecule has 0 saturated carbocycles. The zero-order valence-corrected chi connectivity index (χ0v) is 14.2. The first-order chi connectivity index (χ1) is 9.45. The predicted octanol–water partition coefficient (Wildman–Crippen LogP) is 2.51. The topological polar surface area (TPSA) is 50.4 Å². The summed E-state index contributed by atoms with van der Waals surface area (Å²) in [5, 5.41) is 5.79. The van der Waals surface area contributed by atoms with Gasteiger partial charge in [0.25, 0.3) is 0 Å². The van der Waals surface area contributed by atoms with E-state index in [2.05, 4.69) is 37.5 Å². The van der Waals surface area contributed by atoms with Crippen molar-refractivity contribution in [2.24, 2.45) is 0 Å². The Labute approximate surface area is 134 Å². The second-order valence-corrected chi connectivity index (χ2v) is 5.80. The number of para-hydroxylation sites is 1. The van der Waals surface area contributed by atoms with Crippen molar-refractivity contribution in [3.63, 3.8) is 0 Å². The fourth-order valence-corrected chi connectivity index (χ4v) is 1.89. The summed E-state index contributed by atoms with van der Waals surface area (Å²) in [6, 6.07) is 8.05. The number of rotatable bonds is 7. The van der Waals surface area contributed by atoms with E-state index >= 15 is 0 Å². The molecular weight excluding hydrogens is 288 g/mol. The quantitative estimate of drug-likeness (QED) is 0.760. The molecule has 1 rings (SSSR count). The molecule has 1 aromatic rings. The van der Waals surface area contributed by atoms with E-state index in [0.717, 1.165) is 5.75 Å². The highest BCUT2D eigenvalue weighted by molar-refractivity contribution is 5.85. The van der Waals surface area contributed by atoms with Crippen molar-refractivity contribution in [3.05, 3.63) is 29.8 Å². The molecule has 0 bridgehead atoms. The minimum atomic E-state index is 0. The zero-order valence-electron chi connectivity index (χ0n) is 13.4. The lowest BCUT2D eigenvalue weighted by Gasteiger charge is -2.22. The second kappa shape index (κ2) is 9.64. The van der Waals surface area contributed by atoms with E-state index in [9.17, 15) is 4.79 Å². The Balaban J connectivity index is 0.00000400. The van der Waals surface area contributed by atoms with Crippen molar-refractivity contribution in [1.82, 2.24) is 10.6 Å². The number of hydrogen-bond acceptors (Lipinski definition) is 3. The molecule has 0 fully saturated rings. The Bertz CT molecular complexity index is 431. The van der Waals surface area contributed by atoms with E-state index in [4.69, 9.17) is 4.74 Å². The number of nitrogens with one attached hydrogen (secondary N) is 2. The van der Waals surface area contributed by atoms with Gasteiger partial charge in [-0.2, -0.15) is 0 Å². The molecule has 0 saturated heterocycles. The van der Waals surface area contributed by atoms with E-state index in [1.807, 2.05) is 25.2 Å². The molecule has 21 heavy (non-hydrogen) atoms. The summed E-state index contributed by atoms with van der Waals surface area (Å²) in [4.78, 5) is 11.4. The monoisotopic (exact) mass is 314 g/mol. The van der Waals surface area contributed by atoms with Crippen molar-refractivity contribution in [1.29, 1.82) is 0 Å². The molecule has 2 N–H and O–H groups in total. The van der Waals surface area contributed by atoms with Crippen LogP contribution in [0, 0.1) is 0 Å². The van der Waals surface area contributed by atoms with Crippen LogP contribution in [0.2, 0.25) is 0 Å². The molecule has 1 amide bonds. The third-order valence-electron chi connectivity index (χ3n) is 2.98. The van der Waals surface area contributed by atoms with E-state index in [0.29, 0.717) is 26.1 Å². The van der Waals surface area contributed by atoms with Gasteiger partial charge in [0, 0.05) is 13.0 Å². The molecule has 120 valence electrons. The average Bonchev–Trinajstić information content (AvgIpc) is 2.40. The van der Waals surface area contributed by atoms with Crippen LogP contribution in [0.25, 0.3) is 0 Å². The van der Waals surface area contributed by atoms with Crippen LogP contribution in [-0.4, -0.2) is 32.7 Å². The number of carbonyl (C=O) groups is 1. The van der Waals surface area contributed by atoms with Gasteiger partial charge >= 0.3 is 0 Å². The third-order valence-corrected chi connectivity index (χ3v) is 2.98. The van der Waals surface area contributed by atoms with Crippen LogP contribution in [0.5, 0.6) is 5.75 Å². The Kier molecular flexibility index (Phi) is 9.06. The van der Waals surface area contributed by atoms with Crippen molar-refractivity contribution < 1.29 is 9.53 Å². The normalized spacial score (nSPS) is 10.7. The van der Waals surface area contributed by atoms with Gasteiger partial charge in [0.05, 0.1) is 6.54 Å². The number of ether oxygens (including phenoxy) is 1. The highest BCUT2D eigenvalue weighted by Crippen LogP contribution is 2.30. The van der Waals surface area contributed by atoms with Crippen LogP contribution in [-0.2, 0) is 10.2 Å². The van der Waals surface area contributed by atoms with Crippen LogP contribution < -0.4 is 15.4 Å². The van der Waals surface area contributed by atoms with Gasteiger partial charge in [-0.25, -0.2) is 0 Å². The molecule has 0 heterocycles. The van der Waals surface area contributed by atoms with Crippen molar-refractivity contribution in [3.8, 4) is 5.75 Å². The first kappa shape index (κ1) is 19.7. The summed E-state index contributed by atoms with van der Waals surface area (Å²) in [6.45, 7) is 8.19. The maximum absolute atomic E-state index is 11.4. The summed E-state index contributed by atoms with van der Waals surface area (Å²) in [5.74, 6) is 0.941. The van der Waals surface area contributed by atoms with Gasteiger partial charge in [0.15, 0.2) is 0 Å². The van der Waals surface area contributed by atoms with Crippen molar-refractivity contribution in [2.75, 3.05) is 26.7 Å². The number of halogens is 1. The van der Waals surface area contributed by atoms with Crippen molar-refractivity contribution >= 4 is 18.3 Å². The van der Waals surface area contributed by atoms with E-state index < -0.39 is 0 Å². The van der Waals surface area contributed by atoms with Gasteiger partial charge in [-0.1, -0.05) is 39.0 Å². The highest BCUT2D eigenvalue weighted by atomic mass is 35.5. The Hall–Kier alpha value is -1.26. The number of hydrogen-bond donors (Lipinski definition) is 2. The smallest absolute Gasteiger partial charge is 0.221 e. The molecule has 5 heteroatoms. The lowest BCUT2D eigenvalue weighted by atomic mass is 9.86. The van der Waals surface area contributed by atoms with E-state index in [-0.39, 0.29) is 23.7 Å². The molecule has 0 atom stereocenters. The predicted molar refractivity (Wildman–Crippen MR) is 89.4 cm³/mol. The Morgan fingerprint density at radius 1 is 1.19 bits per heavy atom. The first-order valence-corrected chi connectivity index (χ1v) is 7.08. The summed E-state index contributed by atoms with van der Waals surface area (Å²) < 4.78 is 5.79. The van der Waals surface area contributed by atoms with Crippen LogP contribution in [0.1, 0.15) is 32.8 Å². The van der Waals surface area contributed by atoms with Gasteiger partial charge in [-0.3, -0.25) is 4.79 Å². The molecule has 0 aliphatic heterocycles. The van der Waals surface area contributed by atoms with Crippen LogP contribution >= 0.6 is 12.4 Å². The minimum absolute atomic E-state index is 0. The standard InChI is InChI=1S/C16H26N2O2.ClH/c1-16(2,3)13-7-5-6-8-14(13)20-12-11-18-15(19)9-10-17-4;/h5-8,17H,9-12H2,1-4H3,(H,18,19);1H.